The fraction of sp³-hybridized carbons (Fsp3) is 0.0833. The third kappa shape index (κ3) is 4.47. The van der Waals surface area contributed by atoms with E-state index in [1.807, 2.05) is 61.5 Å². The van der Waals surface area contributed by atoms with Crippen molar-refractivity contribution in [2.75, 3.05) is 0 Å². The van der Waals surface area contributed by atoms with Crippen LogP contribution in [0, 0.1) is 6.92 Å². The van der Waals surface area contributed by atoms with Gasteiger partial charge in [-0.2, -0.15) is 0 Å². The molecule has 1 N–H and O–H groups in total. The first-order valence-corrected chi connectivity index (χ1v) is 12.0. The molecule has 0 aliphatic carbocycles. The van der Waals surface area contributed by atoms with Crippen LogP contribution in [0.4, 0.5) is 0 Å². The summed E-state index contributed by atoms with van der Waals surface area (Å²) >= 11 is 1.12. The average Bonchev–Trinajstić information content (AvgIpc) is 3.24. The van der Waals surface area contributed by atoms with Crippen LogP contribution >= 0.6 is 11.8 Å². The summed E-state index contributed by atoms with van der Waals surface area (Å²) in [5.74, 6) is 0.440. The van der Waals surface area contributed by atoms with Gasteiger partial charge in [0.15, 0.2) is 5.03 Å². The lowest BCUT2D eigenvalue weighted by Gasteiger charge is -2.10. The standard InChI is InChI=1S/C24H20N2O3S2/c1-17-12-14-19(15-13-17)22-25-23(30-21(16-27)18-8-4-2-5-9-18)24(26-22)31(28,29)20-10-6-3-7-11-20/h2-16,21H,1H3,(H,25,26)/t21-/m0/s1. The molecule has 0 saturated heterocycles. The maximum Gasteiger partial charge on any atom is 0.224 e. The Balaban J connectivity index is 1.82. The maximum atomic E-state index is 13.4. The van der Waals surface area contributed by atoms with Crippen molar-refractivity contribution in [1.29, 1.82) is 0 Å². The molecule has 0 radical (unpaired) electrons. The number of imidazole rings is 1. The van der Waals surface area contributed by atoms with Gasteiger partial charge in [-0.25, -0.2) is 13.4 Å². The number of hydrogen-bond donors (Lipinski definition) is 1. The SMILES string of the molecule is Cc1ccc(-c2nc(S[C@@H](C=O)c3ccccc3)c(S(=O)(=O)c3ccccc3)[nH]2)cc1. The molecule has 3 aromatic carbocycles. The molecule has 0 fully saturated rings. The third-order valence-corrected chi connectivity index (χ3v) is 7.79. The van der Waals surface area contributed by atoms with E-state index < -0.39 is 15.1 Å². The van der Waals surface area contributed by atoms with Gasteiger partial charge < -0.3 is 9.78 Å². The molecule has 4 aromatic rings. The van der Waals surface area contributed by atoms with E-state index in [1.165, 1.54) is 0 Å². The lowest BCUT2D eigenvalue weighted by atomic mass is 10.1. The number of rotatable bonds is 7. The van der Waals surface area contributed by atoms with Gasteiger partial charge in [0, 0.05) is 5.56 Å². The summed E-state index contributed by atoms with van der Waals surface area (Å²) in [6.07, 6.45) is 0.805. The first-order valence-electron chi connectivity index (χ1n) is 9.63. The van der Waals surface area contributed by atoms with E-state index in [9.17, 15) is 13.2 Å². The molecule has 31 heavy (non-hydrogen) atoms. The number of aldehydes is 1. The highest BCUT2D eigenvalue weighted by atomic mass is 32.2. The van der Waals surface area contributed by atoms with Crippen molar-refractivity contribution in [3.05, 3.63) is 96.1 Å². The Hall–Kier alpha value is -3.16. The second-order valence-corrected chi connectivity index (χ2v) is 10.0. The van der Waals surface area contributed by atoms with E-state index in [0.29, 0.717) is 5.82 Å². The van der Waals surface area contributed by atoms with E-state index in [1.54, 1.807) is 30.3 Å². The van der Waals surface area contributed by atoms with E-state index in [-0.39, 0.29) is 14.9 Å². The number of thioether (sulfide) groups is 1. The van der Waals surface area contributed by atoms with Crippen LogP contribution in [0.5, 0.6) is 0 Å². The van der Waals surface area contributed by atoms with Crippen LogP contribution in [0.1, 0.15) is 16.4 Å². The normalized spacial score (nSPS) is 12.4. The van der Waals surface area contributed by atoms with Gasteiger partial charge in [0.05, 0.1) is 10.1 Å². The lowest BCUT2D eigenvalue weighted by molar-refractivity contribution is -0.107. The second kappa shape index (κ2) is 8.91. The van der Waals surface area contributed by atoms with Crippen LogP contribution in [-0.4, -0.2) is 24.7 Å². The van der Waals surface area contributed by atoms with E-state index in [0.717, 1.165) is 34.7 Å². The van der Waals surface area contributed by atoms with Crippen LogP contribution in [0.3, 0.4) is 0 Å². The number of sulfone groups is 1. The highest BCUT2D eigenvalue weighted by molar-refractivity contribution is 8.01. The van der Waals surface area contributed by atoms with Crippen LogP contribution in [-0.2, 0) is 14.6 Å². The molecule has 0 unspecified atom stereocenters. The molecular formula is C24H20N2O3S2. The predicted molar refractivity (Wildman–Crippen MR) is 122 cm³/mol. The number of carbonyl (C=O) groups is 1. The highest BCUT2D eigenvalue weighted by Gasteiger charge is 2.28. The molecule has 156 valence electrons. The van der Waals surface area contributed by atoms with Crippen LogP contribution in [0.25, 0.3) is 11.4 Å². The third-order valence-electron chi connectivity index (χ3n) is 4.78. The molecule has 0 bridgehead atoms. The molecule has 0 saturated carbocycles. The van der Waals surface area contributed by atoms with Gasteiger partial charge in [0.25, 0.3) is 0 Å². The Morgan fingerprint density at radius 2 is 1.52 bits per heavy atom. The Bertz CT molecular complexity index is 1280. The van der Waals surface area contributed by atoms with Gasteiger partial charge in [0.1, 0.15) is 17.1 Å². The minimum absolute atomic E-state index is 0.0120. The summed E-state index contributed by atoms with van der Waals surface area (Å²) < 4.78 is 26.8. The highest BCUT2D eigenvalue weighted by Crippen LogP contribution is 2.39. The number of aromatic nitrogens is 2. The summed E-state index contributed by atoms with van der Waals surface area (Å²) in [7, 11) is -3.86. The molecular weight excluding hydrogens is 428 g/mol. The monoisotopic (exact) mass is 448 g/mol. The van der Waals surface area contributed by atoms with Crippen molar-refractivity contribution in [3.63, 3.8) is 0 Å². The number of H-pyrrole nitrogens is 1. The van der Waals surface area contributed by atoms with Gasteiger partial charge in [-0.3, -0.25) is 0 Å². The molecule has 0 aliphatic heterocycles. The van der Waals surface area contributed by atoms with Gasteiger partial charge in [-0.05, 0) is 24.6 Å². The molecule has 0 amide bonds. The van der Waals surface area contributed by atoms with Crippen molar-refractivity contribution in [2.24, 2.45) is 0 Å². The molecule has 0 aliphatic rings. The molecule has 1 heterocycles. The van der Waals surface area contributed by atoms with Crippen LogP contribution in [0.15, 0.2) is 99.9 Å². The van der Waals surface area contributed by atoms with Crippen LogP contribution < -0.4 is 0 Å². The van der Waals surface area contributed by atoms with Crippen LogP contribution in [0.2, 0.25) is 0 Å². The van der Waals surface area contributed by atoms with Gasteiger partial charge in [-0.15, -0.1) is 0 Å². The fourth-order valence-corrected chi connectivity index (χ4v) is 5.73. The molecule has 1 atom stereocenters. The van der Waals surface area contributed by atoms with Crippen molar-refractivity contribution in [1.82, 2.24) is 9.97 Å². The number of aryl methyl sites for hydroxylation is 1. The fourth-order valence-electron chi connectivity index (χ4n) is 3.11. The summed E-state index contributed by atoms with van der Waals surface area (Å²) in [5.41, 5.74) is 2.64. The average molecular weight is 449 g/mol. The first kappa shape index (κ1) is 21.1. The van der Waals surface area contributed by atoms with E-state index in [4.69, 9.17) is 0 Å². The summed E-state index contributed by atoms with van der Waals surface area (Å²) in [6, 6.07) is 25.1. The number of nitrogens with one attached hydrogen (secondary N) is 1. The zero-order valence-electron chi connectivity index (χ0n) is 16.7. The summed E-state index contributed by atoms with van der Waals surface area (Å²) in [6.45, 7) is 1.98. The number of hydrogen-bond acceptors (Lipinski definition) is 5. The number of aromatic amines is 1. The minimum atomic E-state index is -3.86. The zero-order chi connectivity index (χ0) is 21.8. The summed E-state index contributed by atoms with van der Waals surface area (Å²) in [5, 5.41) is -0.331. The Kier molecular flexibility index (Phi) is 6.06. The largest absolute Gasteiger partial charge is 0.328 e. The Morgan fingerprint density at radius 3 is 2.13 bits per heavy atom. The quantitative estimate of drug-likeness (QED) is 0.308. The Labute approximate surface area is 185 Å². The predicted octanol–water partition coefficient (Wildman–Crippen LogP) is 5.25. The molecule has 0 spiro atoms. The van der Waals surface area contributed by atoms with Crippen molar-refractivity contribution in [2.45, 2.75) is 27.1 Å². The maximum absolute atomic E-state index is 13.4. The van der Waals surface area contributed by atoms with E-state index in [2.05, 4.69) is 9.97 Å². The molecule has 7 heteroatoms. The minimum Gasteiger partial charge on any atom is -0.328 e. The second-order valence-electron chi connectivity index (χ2n) is 6.99. The van der Waals surface area contributed by atoms with Gasteiger partial charge >= 0.3 is 0 Å². The number of nitrogens with zero attached hydrogens (tertiary/aromatic N) is 1. The van der Waals surface area contributed by atoms with E-state index >= 15 is 0 Å². The Morgan fingerprint density at radius 1 is 0.903 bits per heavy atom. The number of benzene rings is 3. The zero-order valence-corrected chi connectivity index (χ0v) is 18.4. The number of carbonyl (C=O) groups excluding carboxylic acids is 1. The van der Waals surface area contributed by atoms with Crippen molar-refractivity contribution in [3.8, 4) is 11.4 Å². The van der Waals surface area contributed by atoms with Crippen molar-refractivity contribution < 1.29 is 13.2 Å². The lowest BCUT2D eigenvalue weighted by Crippen LogP contribution is -2.05. The molecule has 4 rings (SSSR count). The summed E-state index contributed by atoms with van der Waals surface area (Å²) in [4.78, 5) is 19.6. The van der Waals surface area contributed by atoms with Gasteiger partial charge in [-0.1, -0.05) is 90.1 Å². The molecule has 5 nitrogen and oxygen atoms in total. The topological polar surface area (TPSA) is 79.9 Å². The first-order chi connectivity index (χ1) is 15.0. The van der Waals surface area contributed by atoms with Crippen molar-refractivity contribution >= 4 is 27.9 Å². The smallest absolute Gasteiger partial charge is 0.224 e. The molecule has 1 aromatic heterocycles. The van der Waals surface area contributed by atoms with Gasteiger partial charge in [0.2, 0.25) is 9.84 Å².